The van der Waals surface area contributed by atoms with Crippen LogP contribution in [0.4, 0.5) is 0 Å². The largest absolute Gasteiger partial charge is 0.303 e. The Balaban J connectivity index is 3.08. The zero-order valence-electron chi connectivity index (χ0n) is 12.1. The van der Waals surface area contributed by atoms with E-state index in [1.165, 1.54) is 6.42 Å². The van der Waals surface area contributed by atoms with E-state index in [9.17, 15) is 4.79 Å². The van der Waals surface area contributed by atoms with Gasteiger partial charge in [-0.15, -0.1) is 11.6 Å². The third kappa shape index (κ3) is 2.86. The van der Waals surface area contributed by atoms with E-state index < -0.39 is 0 Å². The summed E-state index contributed by atoms with van der Waals surface area (Å²) in [4.78, 5) is 11.4. The van der Waals surface area contributed by atoms with E-state index in [1.54, 1.807) is 0 Å². The van der Waals surface area contributed by atoms with Gasteiger partial charge in [-0.25, -0.2) is 0 Å². The maximum absolute atomic E-state index is 11.4. The second-order valence-electron chi connectivity index (χ2n) is 7.23. The van der Waals surface area contributed by atoms with Crippen LogP contribution in [0.3, 0.4) is 0 Å². The Bertz CT molecular complexity index is 283. The average Bonchev–Trinajstić information content (AvgIpc) is 2.15. The lowest BCUT2D eigenvalue weighted by molar-refractivity contribution is -0.117. The first-order chi connectivity index (χ1) is 7.63. The van der Waals surface area contributed by atoms with E-state index in [1.807, 2.05) is 0 Å². The van der Waals surface area contributed by atoms with E-state index in [0.717, 1.165) is 12.7 Å². The van der Waals surface area contributed by atoms with Crippen LogP contribution in [0.2, 0.25) is 0 Å². The molecule has 1 aliphatic rings. The predicted octanol–water partition coefficient (Wildman–Crippen LogP) is 4.53. The first kappa shape index (κ1) is 15.0. The number of hydrogen-bond acceptors (Lipinski definition) is 1. The second kappa shape index (κ2) is 4.91. The molecule has 1 fully saturated rings. The molecule has 0 aromatic rings. The normalized spacial score (nSPS) is 41.4. The molecule has 0 heterocycles. The highest BCUT2D eigenvalue weighted by molar-refractivity contribution is 6.21. The molecule has 0 aromatic carbocycles. The zero-order chi connectivity index (χ0) is 13.4. The Morgan fingerprint density at radius 1 is 1.12 bits per heavy atom. The first-order valence-electron chi connectivity index (χ1n) is 6.72. The molecule has 1 nitrogen and oxygen atoms in total. The second-order valence-corrected chi connectivity index (χ2v) is 7.79. The fraction of sp³-hybridized carbons (Fsp3) is 0.933. The average molecular weight is 259 g/mol. The SMILES string of the molecule is CC1CC(C)C(C)(C)C(C=O)C(Cl)CC1(C)C. The minimum absolute atomic E-state index is 0.00106. The van der Waals surface area contributed by atoms with Crippen LogP contribution in [0.1, 0.15) is 54.4 Å². The quantitative estimate of drug-likeness (QED) is 0.499. The van der Waals surface area contributed by atoms with E-state index in [2.05, 4.69) is 41.5 Å². The van der Waals surface area contributed by atoms with Gasteiger partial charge >= 0.3 is 0 Å². The number of halogens is 1. The minimum Gasteiger partial charge on any atom is -0.303 e. The standard InChI is InChI=1S/C15H27ClO/c1-10-7-11(2)15(5,6)12(9-17)13(16)8-14(10,3)4/h9-13H,7-8H2,1-6H3. The first-order valence-corrected chi connectivity index (χ1v) is 7.16. The van der Waals surface area contributed by atoms with Crippen LogP contribution in [-0.4, -0.2) is 11.7 Å². The molecule has 0 aromatic heterocycles. The van der Waals surface area contributed by atoms with Gasteiger partial charge in [-0.3, -0.25) is 0 Å². The Morgan fingerprint density at radius 3 is 2.12 bits per heavy atom. The highest BCUT2D eigenvalue weighted by atomic mass is 35.5. The fourth-order valence-electron chi connectivity index (χ4n) is 3.04. The maximum Gasteiger partial charge on any atom is 0.125 e. The summed E-state index contributed by atoms with van der Waals surface area (Å²) in [5.74, 6) is 1.13. The molecule has 0 aliphatic heterocycles. The number of rotatable bonds is 1. The Kier molecular flexibility index (Phi) is 4.34. The Morgan fingerprint density at radius 2 is 1.65 bits per heavy atom. The smallest absolute Gasteiger partial charge is 0.125 e. The van der Waals surface area contributed by atoms with Crippen molar-refractivity contribution in [3.8, 4) is 0 Å². The lowest BCUT2D eigenvalue weighted by Crippen LogP contribution is -2.44. The van der Waals surface area contributed by atoms with Gasteiger partial charge in [0, 0.05) is 11.3 Å². The molecule has 0 radical (unpaired) electrons. The summed E-state index contributed by atoms with van der Waals surface area (Å²) >= 11 is 6.53. The van der Waals surface area contributed by atoms with Gasteiger partial charge in [0.25, 0.3) is 0 Å². The monoisotopic (exact) mass is 258 g/mol. The summed E-state index contributed by atoms with van der Waals surface area (Å²) < 4.78 is 0. The topological polar surface area (TPSA) is 17.1 Å². The Labute approximate surface area is 111 Å². The van der Waals surface area contributed by atoms with E-state index >= 15 is 0 Å². The van der Waals surface area contributed by atoms with Crippen molar-refractivity contribution in [2.24, 2.45) is 28.6 Å². The number of aldehydes is 1. The van der Waals surface area contributed by atoms with Crippen molar-refractivity contribution in [1.29, 1.82) is 0 Å². The van der Waals surface area contributed by atoms with Gasteiger partial charge < -0.3 is 4.79 Å². The van der Waals surface area contributed by atoms with Gasteiger partial charge in [-0.2, -0.15) is 0 Å². The summed E-state index contributed by atoms with van der Waals surface area (Å²) in [7, 11) is 0. The van der Waals surface area contributed by atoms with Gasteiger partial charge in [0.15, 0.2) is 0 Å². The fourth-order valence-corrected chi connectivity index (χ4v) is 3.82. The van der Waals surface area contributed by atoms with Gasteiger partial charge in [0.05, 0.1) is 0 Å². The van der Waals surface area contributed by atoms with E-state index in [-0.39, 0.29) is 22.1 Å². The lowest BCUT2D eigenvalue weighted by Gasteiger charge is -2.47. The van der Waals surface area contributed by atoms with Crippen molar-refractivity contribution < 1.29 is 4.79 Å². The van der Waals surface area contributed by atoms with Gasteiger partial charge in [-0.05, 0) is 35.5 Å². The lowest BCUT2D eigenvalue weighted by atomic mass is 9.59. The molecule has 0 N–H and O–H groups in total. The Hall–Kier alpha value is -0.0400. The number of carbonyl (C=O) groups is 1. The molecule has 4 atom stereocenters. The molecule has 1 saturated carbocycles. The van der Waals surface area contributed by atoms with Crippen LogP contribution in [0, 0.1) is 28.6 Å². The van der Waals surface area contributed by atoms with Crippen molar-refractivity contribution in [1.82, 2.24) is 0 Å². The molecule has 0 saturated heterocycles. The molecular formula is C15H27ClO. The van der Waals surface area contributed by atoms with Gasteiger partial charge in [0.2, 0.25) is 0 Å². The summed E-state index contributed by atoms with van der Waals surface area (Å²) in [6, 6.07) is 0. The third-order valence-corrected chi connectivity index (χ3v) is 5.85. The molecule has 17 heavy (non-hydrogen) atoms. The molecule has 1 rings (SSSR count). The van der Waals surface area contributed by atoms with E-state index in [0.29, 0.717) is 11.8 Å². The molecule has 2 heteroatoms. The van der Waals surface area contributed by atoms with E-state index in [4.69, 9.17) is 11.6 Å². The highest BCUT2D eigenvalue weighted by Crippen LogP contribution is 2.49. The summed E-state index contributed by atoms with van der Waals surface area (Å²) in [6.45, 7) is 13.5. The van der Waals surface area contributed by atoms with Crippen molar-refractivity contribution in [2.75, 3.05) is 0 Å². The van der Waals surface area contributed by atoms with Crippen LogP contribution in [0.25, 0.3) is 0 Å². The molecule has 4 unspecified atom stereocenters. The maximum atomic E-state index is 11.4. The van der Waals surface area contributed by atoms with Crippen molar-refractivity contribution in [3.05, 3.63) is 0 Å². The minimum atomic E-state index is -0.0392. The summed E-state index contributed by atoms with van der Waals surface area (Å²) in [5.41, 5.74) is 0.220. The molecule has 0 bridgehead atoms. The number of hydrogen-bond donors (Lipinski definition) is 0. The van der Waals surface area contributed by atoms with Crippen LogP contribution < -0.4 is 0 Å². The molecular weight excluding hydrogens is 232 g/mol. The van der Waals surface area contributed by atoms with Crippen LogP contribution in [-0.2, 0) is 4.79 Å². The highest BCUT2D eigenvalue weighted by Gasteiger charge is 2.45. The van der Waals surface area contributed by atoms with Gasteiger partial charge in [-0.1, -0.05) is 41.5 Å². The number of carbonyl (C=O) groups excluding carboxylic acids is 1. The predicted molar refractivity (Wildman–Crippen MR) is 74.3 cm³/mol. The van der Waals surface area contributed by atoms with Crippen LogP contribution >= 0.6 is 11.6 Å². The summed E-state index contributed by atoms with van der Waals surface area (Å²) in [5, 5.41) is -0.0392. The van der Waals surface area contributed by atoms with Gasteiger partial charge in [0.1, 0.15) is 6.29 Å². The van der Waals surface area contributed by atoms with Crippen LogP contribution in [0.5, 0.6) is 0 Å². The molecule has 100 valence electrons. The molecule has 0 spiro atoms. The third-order valence-electron chi connectivity index (χ3n) is 5.43. The summed E-state index contributed by atoms with van der Waals surface area (Å²) in [6.07, 6.45) is 3.18. The molecule has 1 aliphatic carbocycles. The van der Waals surface area contributed by atoms with Crippen molar-refractivity contribution in [2.45, 2.75) is 59.8 Å². The number of alkyl halides is 1. The zero-order valence-corrected chi connectivity index (χ0v) is 12.8. The van der Waals surface area contributed by atoms with Crippen molar-refractivity contribution in [3.63, 3.8) is 0 Å². The van der Waals surface area contributed by atoms with Crippen molar-refractivity contribution >= 4 is 17.9 Å². The van der Waals surface area contributed by atoms with Crippen LogP contribution in [0.15, 0.2) is 0 Å². The molecule has 0 amide bonds.